The number of aromatic nitrogens is 1. The van der Waals surface area contributed by atoms with Gasteiger partial charge in [0.15, 0.2) is 0 Å². The normalized spacial score (nSPS) is 14.3. The van der Waals surface area contributed by atoms with Crippen LogP contribution in [0.4, 0.5) is 0 Å². The van der Waals surface area contributed by atoms with Crippen molar-refractivity contribution in [3.05, 3.63) is 54.7 Å². The van der Waals surface area contributed by atoms with Crippen LogP contribution in [-0.2, 0) is 14.8 Å². The molecule has 7 nitrogen and oxygen atoms in total. The Labute approximate surface area is 178 Å². The maximum absolute atomic E-state index is 13.8. The SMILES string of the molecule is C=CC(c1ccc2ncccc2c1)S(=O)(=O)N(CCC(C)C)C(C(=O)NO)C(C)C. The van der Waals surface area contributed by atoms with Gasteiger partial charge in [-0.3, -0.25) is 15.0 Å². The van der Waals surface area contributed by atoms with Crippen LogP contribution in [0.5, 0.6) is 0 Å². The lowest BCUT2D eigenvalue weighted by molar-refractivity contribution is -0.134. The Balaban J connectivity index is 2.56. The first-order valence-corrected chi connectivity index (χ1v) is 11.6. The molecule has 0 radical (unpaired) electrons. The number of rotatable bonds is 10. The highest BCUT2D eigenvalue weighted by molar-refractivity contribution is 7.89. The van der Waals surface area contributed by atoms with Gasteiger partial charge in [0.1, 0.15) is 11.3 Å². The Morgan fingerprint density at radius 3 is 2.53 bits per heavy atom. The number of sulfonamides is 1. The largest absolute Gasteiger partial charge is 0.289 e. The molecule has 2 aromatic rings. The molecule has 1 amide bonds. The number of hydroxylamine groups is 1. The van der Waals surface area contributed by atoms with Gasteiger partial charge in [-0.2, -0.15) is 4.31 Å². The third-order valence-corrected chi connectivity index (χ3v) is 7.23. The third kappa shape index (κ3) is 5.24. The topological polar surface area (TPSA) is 99.6 Å². The average molecular weight is 434 g/mol. The Hall–Kier alpha value is -2.29. The van der Waals surface area contributed by atoms with Gasteiger partial charge in [-0.1, -0.05) is 45.9 Å². The van der Waals surface area contributed by atoms with Crippen molar-refractivity contribution >= 4 is 26.8 Å². The van der Waals surface area contributed by atoms with Crippen LogP contribution in [0.3, 0.4) is 0 Å². The molecule has 0 bridgehead atoms. The molecular weight excluding hydrogens is 402 g/mol. The Bertz CT molecular complexity index is 989. The van der Waals surface area contributed by atoms with Crippen LogP contribution in [0, 0.1) is 11.8 Å². The number of carbonyl (C=O) groups is 1. The van der Waals surface area contributed by atoms with Crippen molar-refractivity contribution in [1.82, 2.24) is 14.8 Å². The summed E-state index contributed by atoms with van der Waals surface area (Å²) in [6.07, 6.45) is 3.63. The molecule has 1 aromatic heterocycles. The molecule has 164 valence electrons. The Morgan fingerprint density at radius 1 is 1.27 bits per heavy atom. The first-order valence-electron chi connectivity index (χ1n) is 10.0. The second kappa shape index (κ2) is 10.1. The molecule has 2 rings (SSSR count). The van der Waals surface area contributed by atoms with Gasteiger partial charge in [0.05, 0.1) is 5.52 Å². The first kappa shape index (κ1) is 24.0. The van der Waals surface area contributed by atoms with Crippen LogP contribution in [-0.4, -0.2) is 41.4 Å². The van der Waals surface area contributed by atoms with E-state index in [4.69, 9.17) is 0 Å². The summed E-state index contributed by atoms with van der Waals surface area (Å²) in [5, 5.41) is 9.01. The van der Waals surface area contributed by atoms with Gasteiger partial charge in [0.2, 0.25) is 10.0 Å². The highest BCUT2D eigenvalue weighted by atomic mass is 32.2. The van der Waals surface area contributed by atoms with Gasteiger partial charge >= 0.3 is 0 Å². The molecule has 0 aliphatic carbocycles. The Morgan fingerprint density at radius 2 is 1.97 bits per heavy atom. The maximum atomic E-state index is 13.8. The van der Waals surface area contributed by atoms with E-state index >= 15 is 0 Å². The zero-order chi connectivity index (χ0) is 22.5. The summed E-state index contributed by atoms with van der Waals surface area (Å²) >= 11 is 0. The summed E-state index contributed by atoms with van der Waals surface area (Å²) in [6, 6.07) is 7.89. The molecule has 2 unspecified atom stereocenters. The number of amides is 1. The minimum absolute atomic E-state index is 0.162. The number of nitrogens with zero attached hydrogens (tertiary/aromatic N) is 2. The van der Waals surface area contributed by atoms with E-state index in [0.29, 0.717) is 12.0 Å². The van der Waals surface area contributed by atoms with Crippen LogP contribution in [0.15, 0.2) is 49.2 Å². The van der Waals surface area contributed by atoms with Crippen molar-refractivity contribution in [2.75, 3.05) is 6.54 Å². The standard InChI is InChI=1S/C22H31N3O4S/c1-6-20(18-9-10-19-17(14-18)8-7-12-23-19)30(28,29)25(13-11-15(2)3)21(16(4)5)22(26)24-27/h6-10,12,14-16,20-21,27H,1,11,13H2,2-5H3,(H,24,26). The van der Waals surface area contributed by atoms with E-state index in [9.17, 15) is 18.4 Å². The maximum Gasteiger partial charge on any atom is 0.262 e. The predicted octanol–water partition coefficient (Wildman–Crippen LogP) is 3.67. The summed E-state index contributed by atoms with van der Waals surface area (Å²) in [6.45, 7) is 11.4. The fourth-order valence-corrected chi connectivity index (χ4v) is 5.53. The number of benzene rings is 1. The van der Waals surface area contributed by atoms with Gasteiger partial charge in [-0.15, -0.1) is 6.58 Å². The third-order valence-electron chi connectivity index (χ3n) is 5.06. The smallest absolute Gasteiger partial charge is 0.262 e. The molecule has 1 heterocycles. The van der Waals surface area contributed by atoms with Crippen LogP contribution in [0.25, 0.3) is 10.9 Å². The molecule has 0 aliphatic heterocycles. The number of hydrogen-bond donors (Lipinski definition) is 2. The highest BCUT2D eigenvalue weighted by Gasteiger charge is 2.40. The second-order valence-corrected chi connectivity index (χ2v) is 10.1. The van der Waals surface area contributed by atoms with Crippen molar-refractivity contribution in [2.24, 2.45) is 11.8 Å². The Kier molecular flexibility index (Phi) is 8.11. The first-order chi connectivity index (χ1) is 14.1. The molecule has 2 N–H and O–H groups in total. The second-order valence-electron chi connectivity index (χ2n) is 8.11. The van der Waals surface area contributed by atoms with Crippen LogP contribution in [0.2, 0.25) is 0 Å². The number of pyridine rings is 1. The van der Waals surface area contributed by atoms with E-state index in [1.807, 2.05) is 19.9 Å². The summed E-state index contributed by atoms with van der Waals surface area (Å²) < 4.78 is 28.7. The molecular formula is C22H31N3O4S. The van der Waals surface area contributed by atoms with E-state index in [-0.39, 0.29) is 18.4 Å². The number of fused-ring (bicyclic) bond motifs is 1. The lowest BCUT2D eigenvalue weighted by Gasteiger charge is -2.34. The van der Waals surface area contributed by atoms with Gasteiger partial charge in [0, 0.05) is 18.1 Å². The number of carbonyl (C=O) groups excluding carboxylic acids is 1. The predicted molar refractivity (Wildman–Crippen MR) is 118 cm³/mol. The number of nitrogens with one attached hydrogen (secondary N) is 1. The molecule has 0 saturated heterocycles. The van der Waals surface area contributed by atoms with Crippen LogP contribution in [0.1, 0.15) is 44.9 Å². The van der Waals surface area contributed by atoms with Crippen molar-refractivity contribution in [3.8, 4) is 0 Å². The molecule has 0 saturated carbocycles. The molecule has 0 spiro atoms. The van der Waals surface area contributed by atoms with Gasteiger partial charge in [-0.05, 0) is 42.0 Å². The van der Waals surface area contributed by atoms with Crippen molar-refractivity contribution < 1.29 is 18.4 Å². The molecule has 2 atom stereocenters. The average Bonchev–Trinajstić information content (AvgIpc) is 2.70. The quantitative estimate of drug-likeness (QED) is 0.338. The fraction of sp³-hybridized carbons (Fsp3) is 0.455. The molecule has 30 heavy (non-hydrogen) atoms. The van der Waals surface area contributed by atoms with Gasteiger partial charge in [-0.25, -0.2) is 13.9 Å². The van der Waals surface area contributed by atoms with Gasteiger partial charge < -0.3 is 0 Å². The van der Waals surface area contributed by atoms with E-state index < -0.39 is 27.2 Å². The molecule has 0 aliphatic rings. The monoisotopic (exact) mass is 433 g/mol. The molecule has 0 fully saturated rings. The van der Waals surface area contributed by atoms with Crippen LogP contribution < -0.4 is 5.48 Å². The fourth-order valence-electron chi connectivity index (χ4n) is 3.49. The minimum atomic E-state index is -4.01. The highest BCUT2D eigenvalue weighted by Crippen LogP contribution is 2.32. The van der Waals surface area contributed by atoms with E-state index in [0.717, 1.165) is 10.9 Å². The van der Waals surface area contributed by atoms with Gasteiger partial charge in [0.25, 0.3) is 5.91 Å². The van der Waals surface area contributed by atoms with Crippen molar-refractivity contribution in [1.29, 1.82) is 0 Å². The lowest BCUT2D eigenvalue weighted by Crippen LogP contribution is -2.53. The summed E-state index contributed by atoms with van der Waals surface area (Å²) in [7, 11) is -4.01. The van der Waals surface area contributed by atoms with Crippen LogP contribution >= 0.6 is 0 Å². The minimum Gasteiger partial charge on any atom is -0.289 e. The molecule has 1 aromatic carbocycles. The van der Waals surface area contributed by atoms with Crippen molar-refractivity contribution in [2.45, 2.75) is 45.4 Å². The van der Waals surface area contributed by atoms with Crippen molar-refractivity contribution in [3.63, 3.8) is 0 Å². The van der Waals surface area contributed by atoms with E-state index in [2.05, 4.69) is 11.6 Å². The number of hydrogen-bond acceptors (Lipinski definition) is 5. The molecule has 8 heteroatoms. The summed E-state index contributed by atoms with van der Waals surface area (Å²) in [5.41, 5.74) is 2.94. The van der Waals surface area contributed by atoms with E-state index in [1.165, 1.54) is 10.4 Å². The zero-order valence-electron chi connectivity index (χ0n) is 17.9. The summed E-state index contributed by atoms with van der Waals surface area (Å²) in [5.74, 6) is -0.852. The lowest BCUT2D eigenvalue weighted by atomic mass is 10.0. The zero-order valence-corrected chi connectivity index (χ0v) is 18.8. The summed E-state index contributed by atoms with van der Waals surface area (Å²) in [4.78, 5) is 16.7. The van der Waals surface area contributed by atoms with E-state index in [1.54, 1.807) is 49.8 Å².